The first-order valence-electron chi connectivity index (χ1n) is 5.23. The highest BCUT2D eigenvalue weighted by Gasteiger charge is 2.28. The van der Waals surface area contributed by atoms with Crippen molar-refractivity contribution in [3.8, 4) is 0 Å². The van der Waals surface area contributed by atoms with Gasteiger partial charge >= 0.3 is 0 Å². The van der Waals surface area contributed by atoms with Gasteiger partial charge in [0.15, 0.2) is 0 Å². The molecule has 2 rings (SSSR count). The molecule has 1 atom stereocenters. The van der Waals surface area contributed by atoms with Crippen molar-refractivity contribution in [2.45, 2.75) is 25.3 Å². The lowest BCUT2D eigenvalue weighted by molar-refractivity contribution is 0.0538. The number of halogens is 1. The molecule has 0 saturated carbocycles. The minimum absolute atomic E-state index is 0.0818. The van der Waals surface area contributed by atoms with Crippen LogP contribution >= 0.6 is 15.9 Å². The second-order valence-corrected chi connectivity index (χ2v) is 5.06. The fraction of sp³-hybridized carbons (Fsp3) is 0.600. The molecule has 0 radical (unpaired) electrons. The second-order valence-electron chi connectivity index (χ2n) is 4.26. The molecule has 5 nitrogen and oxygen atoms in total. The first kappa shape index (κ1) is 11.6. The summed E-state index contributed by atoms with van der Waals surface area (Å²) < 4.78 is 6.18. The standard InChI is InChI=1S/C10H15BrN4O/c1-10(3-2-4-16-5-10)15-9-7(11)8(12)13-6-14-9/h6H,2-5H2,1H3,(H3,12,13,14,15). The van der Waals surface area contributed by atoms with E-state index < -0.39 is 0 Å². The van der Waals surface area contributed by atoms with Gasteiger partial charge in [0, 0.05) is 6.61 Å². The summed E-state index contributed by atoms with van der Waals surface area (Å²) in [5.74, 6) is 1.17. The number of nitrogens with one attached hydrogen (secondary N) is 1. The van der Waals surface area contributed by atoms with E-state index in [0.29, 0.717) is 16.9 Å². The number of ether oxygens (including phenoxy) is 1. The van der Waals surface area contributed by atoms with Crippen molar-refractivity contribution in [3.63, 3.8) is 0 Å². The molecule has 0 aliphatic carbocycles. The highest BCUT2D eigenvalue weighted by atomic mass is 79.9. The molecule has 0 bridgehead atoms. The summed E-state index contributed by atoms with van der Waals surface area (Å²) >= 11 is 3.38. The summed E-state index contributed by atoms with van der Waals surface area (Å²) in [5, 5.41) is 3.36. The fourth-order valence-electron chi connectivity index (χ4n) is 1.79. The SMILES string of the molecule is CC1(Nc2ncnc(N)c2Br)CCCOC1. The van der Waals surface area contributed by atoms with Gasteiger partial charge in [-0.25, -0.2) is 9.97 Å². The maximum atomic E-state index is 5.70. The van der Waals surface area contributed by atoms with E-state index in [2.05, 4.69) is 38.1 Å². The molecule has 16 heavy (non-hydrogen) atoms. The van der Waals surface area contributed by atoms with E-state index in [1.807, 2.05) is 0 Å². The van der Waals surface area contributed by atoms with E-state index in [1.165, 1.54) is 6.33 Å². The lowest BCUT2D eigenvalue weighted by atomic mass is 9.95. The summed E-state index contributed by atoms with van der Waals surface area (Å²) in [6, 6.07) is 0. The Balaban J connectivity index is 2.16. The van der Waals surface area contributed by atoms with Crippen molar-refractivity contribution in [1.29, 1.82) is 0 Å². The van der Waals surface area contributed by atoms with Crippen LogP contribution in [-0.4, -0.2) is 28.7 Å². The van der Waals surface area contributed by atoms with Gasteiger partial charge in [-0.15, -0.1) is 0 Å². The Bertz CT molecular complexity index is 379. The molecule has 0 spiro atoms. The molecule has 1 unspecified atom stereocenters. The zero-order valence-electron chi connectivity index (χ0n) is 9.16. The number of hydrogen-bond donors (Lipinski definition) is 2. The average Bonchev–Trinajstić information content (AvgIpc) is 2.26. The molecule has 0 aromatic carbocycles. The molecule has 1 aromatic rings. The van der Waals surface area contributed by atoms with Crippen molar-refractivity contribution < 1.29 is 4.74 Å². The molecular formula is C10H15BrN4O. The van der Waals surface area contributed by atoms with Crippen molar-refractivity contribution in [2.75, 3.05) is 24.3 Å². The molecule has 1 aromatic heterocycles. The fourth-order valence-corrected chi connectivity index (χ4v) is 2.09. The van der Waals surface area contributed by atoms with Gasteiger partial charge in [0.05, 0.1) is 12.1 Å². The minimum Gasteiger partial charge on any atom is -0.383 e. The van der Waals surface area contributed by atoms with Gasteiger partial charge in [0.1, 0.15) is 22.4 Å². The van der Waals surface area contributed by atoms with E-state index >= 15 is 0 Å². The second kappa shape index (κ2) is 4.55. The van der Waals surface area contributed by atoms with Crippen LogP contribution in [0.4, 0.5) is 11.6 Å². The van der Waals surface area contributed by atoms with Gasteiger partial charge in [-0.05, 0) is 35.7 Å². The Morgan fingerprint density at radius 3 is 3.06 bits per heavy atom. The Hall–Kier alpha value is -0.880. The Morgan fingerprint density at radius 1 is 1.56 bits per heavy atom. The quantitative estimate of drug-likeness (QED) is 0.867. The highest BCUT2D eigenvalue weighted by Crippen LogP contribution is 2.29. The minimum atomic E-state index is -0.0818. The third kappa shape index (κ3) is 2.44. The van der Waals surface area contributed by atoms with Gasteiger partial charge in [-0.1, -0.05) is 0 Å². The summed E-state index contributed by atoms with van der Waals surface area (Å²) in [4.78, 5) is 8.08. The molecule has 88 valence electrons. The van der Waals surface area contributed by atoms with E-state index in [4.69, 9.17) is 10.5 Å². The molecule has 1 aliphatic heterocycles. The van der Waals surface area contributed by atoms with Crippen molar-refractivity contribution in [2.24, 2.45) is 0 Å². The molecule has 2 heterocycles. The van der Waals surface area contributed by atoms with Gasteiger partial charge in [0.2, 0.25) is 0 Å². The van der Waals surface area contributed by atoms with Gasteiger partial charge < -0.3 is 15.8 Å². The molecule has 1 fully saturated rings. The van der Waals surface area contributed by atoms with Gasteiger partial charge in [-0.3, -0.25) is 0 Å². The van der Waals surface area contributed by atoms with Crippen molar-refractivity contribution in [1.82, 2.24) is 9.97 Å². The molecule has 1 saturated heterocycles. The van der Waals surface area contributed by atoms with E-state index in [-0.39, 0.29) is 5.54 Å². The Kier molecular flexibility index (Phi) is 3.30. The number of anilines is 2. The maximum absolute atomic E-state index is 5.70. The van der Waals surface area contributed by atoms with Crippen LogP contribution < -0.4 is 11.1 Å². The largest absolute Gasteiger partial charge is 0.383 e. The summed E-state index contributed by atoms with van der Waals surface area (Å²) in [6.45, 7) is 3.64. The number of nitrogen functional groups attached to an aromatic ring is 1. The zero-order chi connectivity index (χ0) is 11.6. The molecule has 3 N–H and O–H groups in total. The monoisotopic (exact) mass is 286 g/mol. The van der Waals surface area contributed by atoms with E-state index in [0.717, 1.165) is 25.3 Å². The van der Waals surface area contributed by atoms with Crippen molar-refractivity contribution in [3.05, 3.63) is 10.8 Å². The third-order valence-corrected chi connectivity index (χ3v) is 3.46. The van der Waals surface area contributed by atoms with Crippen LogP contribution in [0, 0.1) is 0 Å². The Labute approximate surface area is 103 Å². The summed E-state index contributed by atoms with van der Waals surface area (Å²) in [6.07, 6.45) is 3.57. The van der Waals surface area contributed by atoms with Crippen LogP contribution in [0.25, 0.3) is 0 Å². The molecular weight excluding hydrogens is 272 g/mol. The number of hydrogen-bond acceptors (Lipinski definition) is 5. The zero-order valence-corrected chi connectivity index (χ0v) is 10.7. The average molecular weight is 287 g/mol. The van der Waals surface area contributed by atoms with Crippen LogP contribution in [0.3, 0.4) is 0 Å². The predicted molar refractivity (Wildman–Crippen MR) is 66.2 cm³/mol. The topological polar surface area (TPSA) is 73.1 Å². The van der Waals surface area contributed by atoms with Crippen LogP contribution in [-0.2, 0) is 4.74 Å². The molecule has 0 amide bonds. The Morgan fingerprint density at radius 2 is 2.38 bits per heavy atom. The highest BCUT2D eigenvalue weighted by molar-refractivity contribution is 9.10. The molecule has 6 heteroatoms. The summed E-state index contributed by atoms with van der Waals surface area (Å²) in [7, 11) is 0. The first-order chi connectivity index (χ1) is 7.61. The van der Waals surface area contributed by atoms with Crippen LogP contribution in [0.2, 0.25) is 0 Å². The van der Waals surface area contributed by atoms with Gasteiger partial charge in [0.25, 0.3) is 0 Å². The summed E-state index contributed by atoms with van der Waals surface area (Å²) in [5.41, 5.74) is 5.62. The lowest BCUT2D eigenvalue weighted by Crippen LogP contribution is -2.43. The van der Waals surface area contributed by atoms with Crippen LogP contribution in [0.5, 0.6) is 0 Å². The molecule has 1 aliphatic rings. The number of nitrogens with two attached hydrogens (primary N) is 1. The number of rotatable bonds is 2. The van der Waals surface area contributed by atoms with E-state index in [1.54, 1.807) is 0 Å². The van der Waals surface area contributed by atoms with Crippen LogP contribution in [0.1, 0.15) is 19.8 Å². The van der Waals surface area contributed by atoms with E-state index in [9.17, 15) is 0 Å². The number of nitrogens with zero attached hydrogens (tertiary/aromatic N) is 2. The van der Waals surface area contributed by atoms with Crippen LogP contribution in [0.15, 0.2) is 10.8 Å². The predicted octanol–water partition coefficient (Wildman–Crippen LogP) is 1.80. The normalized spacial score (nSPS) is 25.4. The number of aromatic nitrogens is 2. The first-order valence-corrected chi connectivity index (χ1v) is 6.02. The third-order valence-electron chi connectivity index (χ3n) is 2.67. The van der Waals surface area contributed by atoms with Gasteiger partial charge in [-0.2, -0.15) is 0 Å². The maximum Gasteiger partial charge on any atom is 0.146 e. The van der Waals surface area contributed by atoms with Crippen molar-refractivity contribution >= 4 is 27.6 Å². The smallest absolute Gasteiger partial charge is 0.146 e. The lowest BCUT2D eigenvalue weighted by Gasteiger charge is -2.35.